The SMILES string of the molecule is CCC(=O)NC1CCOC12CCNCC2. The van der Waals surface area contributed by atoms with E-state index in [-0.39, 0.29) is 17.6 Å². The summed E-state index contributed by atoms with van der Waals surface area (Å²) in [6, 6.07) is 0.229. The second-order valence-corrected chi connectivity index (χ2v) is 4.43. The zero-order valence-electron chi connectivity index (χ0n) is 9.34. The summed E-state index contributed by atoms with van der Waals surface area (Å²) in [5, 5.41) is 6.43. The Hall–Kier alpha value is -0.610. The molecule has 0 aromatic rings. The van der Waals surface area contributed by atoms with Gasteiger partial charge in [0, 0.05) is 13.0 Å². The van der Waals surface area contributed by atoms with Crippen molar-refractivity contribution in [2.45, 2.75) is 44.2 Å². The number of carbonyl (C=O) groups excluding carboxylic acids is 1. The van der Waals surface area contributed by atoms with Crippen molar-refractivity contribution in [1.29, 1.82) is 0 Å². The second-order valence-electron chi connectivity index (χ2n) is 4.43. The van der Waals surface area contributed by atoms with Crippen LogP contribution in [0.15, 0.2) is 0 Å². The summed E-state index contributed by atoms with van der Waals surface area (Å²) in [6.07, 6.45) is 3.56. The third-order valence-corrected chi connectivity index (χ3v) is 3.54. The van der Waals surface area contributed by atoms with Gasteiger partial charge >= 0.3 is 0 Å². The molecule has 1 unspecified atom stereocenters. The minimum absolute atomic E-state index is 0.0733. The monoisotopic (exact) mass is 212 g/mol. The van der Waals surface area contributed by atoms with E-state index in [2.05, 4.69) is 10.6 Å². The number of ether oxygens (including phenoxy) is 1. The summed E-state index contributed by atoms with van der Waals surface area (Å²) in [6.45, 7) is 4.67. The van der Waals surface area contributed by atoms with E-state index in [1.165, 1.54) is 0 Å². The Morgan fingerprint density at radius 3 is 2.93 bits per heavy atom. The van der Waals surface area contributed by atoms with Crippen molar-refractivity contribution in [3.05, 3.63) is 0 Å². The van der Waals surface area contributed by atoms with E-state index in [9.17, 15) is 4.79 Å². The van der Waals surface area contributed by atoms with E-state index in [1.54, 1.807) is 0 Å². The molecular formula is C11H20N2O2. The van der Waals surface area contributed by atoms with Gasteiger partial charge in [-0.05, 0) is 32.4 Å². The quantitative estimate of drug-likeness (QED) is 0.697. The van der Waals surface area contributed by atoms with Crippen LogP contribution in [0.25, 0.3) is 0 Å². The first kappa shape index (κ1) is 10.9. The van der Waals surface area contributed by atoms with Crippen LogP contribution in [0.3, 0.4) is 0 Å². The van der Waals surface area contributed by atoms with Crippen LogP contribution in [0.4, 0.5) is 0 Å². The average molecular weight is 212 g/mol. The van der Waals surface area contributed by atoms with Crippen LogP contribution in [-0.2, 0) is 9.53 Å². The van der Waals surface area contributed by atoms with Gasteiger partial charge < -0.3 is 15.4 Å². The highest BCUT2D eigenvalue weighted by atomic mass is 16.5. The summed E-state index contributed by atoms with van der Waals surface area (Å²) in [7, 11) is 0. The molecular weight excluding hydrogens is 192 g/mol. The van der Waals surface area contributed by atoms with Crippen molar-refractivity contribution < 1.29 is 9.53 Å². The molecule has 15 heavy (non-hydrogen) atoms. The van der Waals surface area contributed by atoms with Gasteiger partial charge in [-0.15, -0.1) is 0 Å². The second kappa shape index (κ2) is 4.49. The van der Waals surface area contributed by atoms with Gasteiger partial charge in [0.15, 0.2) is 0 Å². The zero-order chi connectivity index (χ0) is 10.7. The highest BCUT2D eigenvalue weighted by molar-refractivity contribution is 5.76. The maximum Gasteiger partial charge on any atom is 0.220 e. The molecule has 2 rings (SSSR count). The van der Waals surface area contributed by atoms with E-state index in [1.807, 2.05) is 6.92 Å². The molecule has 1 spiro atoms. The number of piperidine rings is 1. The Bertz CT molecular complexity index is 237. The maximum absolute atomic E-state index is 11.4. The number of hydrogen-bond donors (Lipinski definition) is 2. The normalized spacial score (nSPS) is 29.3. The molecule has 2 heterocycles. The van der Waals surface area contributed by atoms with E-state index in [0.717, 1.165) is 39.0 Å². The van der Waals surface area contributed by atoms with Crippen LogP contribution in [0.1, 0.15) is 32.6 Å². The van der Waals surface area contributed by atoms with Crippen LogP contribution in [0.2, 0.25) is 0 Å². The van der Waals surface area contributed by atoms with Gasteiger partial charge in [0.05, 0.1) is 11.6 Å². The summed E-state index contributed by atoms with van der Waals surface area (Å²) in [5.41, 5.74) is -0.0733. The van der Waals surface area contributed by atoms with Crippen molar-refractivity contribution in [2.75, 3.05) is 19.7 Å². The molecule has 1 atom stereocenters. The van der Waals surface area contributed by atoms with Gasteiger partial charge in [0.2, 0.25) is 5.91 Å². The molecule has 2 fully saturated rings. The molecule has 2 aliphatic heterocycles. The minimum Gasteiger partial charge on any atom is -0.373 e. The number of amides is 1. The Balaban J connectivity index is 2.00. The molecule has 0 aliphatic carbocycles. The van der Waals surface area contributed by atoms with Crippen LogP contribution in [-0.4, -0.2) is 37.2 Å². The molecule has 4 heteroatoms. The third-order valence-electron chi connectivity index (χ3n) is 3.54. The van der Waals surface area contributed by atoms with Gasteiger partial charge in [-0.3, -0.25) is 4.79 Å². The van der Waals surface area contributed by atoms with Crippen molar-refractivity contribution in [3.8, 4) is 0 Å². The van der Waals surface area contributed by atoms with E-state index < -0.39 is 0 Å². The maximum atomic E-state index is 11.4. The van der Waals surface area contributed by atoms with Crippen molar-refractivity contribution in [3.63, 3.8) is 0 Å². The third kappa shape index (κ3) is 2.16. The van der Waals surface area contributed by atoms with Gasteiger partial charge in [-0.1, -0.05) is 6.92 Å². The summed E-state index contributed by atoms with van der Waals surface area (Å²) in [4.78, 5) is 11.4. The molecule has 1 amide bonds. The fourth-order valence-electron chi connectivity index (χ4n) is 2.59. The molecule has 4 nitrogen and oxygen atoms in total. The molecule has 2 N–H and O–H groups in total. The van der Waals surface area contributed by atoms with Crippen molar-refractivity contribution in [2.24, 2.45) is 0 Å². The number of rotatable bonds is 2. The lowest BCUT2D eigenvalue weighted by Crippen LogP contribution is -2.54. The van der Waals surface area contributed by atoms with Crippen LogP contribution in [0.5, 0.6) is 0 Å². The fourth-order valence-corrected chi connectivity index (χ4v) is 2.59. The van der Waals surface area contributed by atoms with E-state index >= 15 is 0 Å². The first-order chi connectivity index (χ1) is 7.27. The number of hydrogen-bond acceptors (Lipinski definition) is 3. The van der Waals surface area contributed by atoms with Gasteiger partial charge in [0.25, 0.3) is 0 Å². The predicted molar refractivity (Wildman–Crippen MR) is 57.6 cm³/mol. The molecule has 0 bridgehead atoms. The first-order valence-electron chi connectivity index (χ1n) is 5.91. The Kier molecular flexibility index (Phi) is 3.26. The summed E-state index contributed by atoms with van der Waals surface area (Å²) >= 11 is 0. The van der Waals surface area contributed by atoms with Crippen LogP contribution >= 0.6 is 0 Å². The predicted octanol–water partition coefficient (Wildman–Crippen LogP) is 0.424. The highest BCUT2D eigenvalue weighted by Gasteiger charge is 2.45. The van der Waals surface area contributed by atoms with Crippen molar-refractivity contribution in [1.82, 2.24) is 10.6 Å². The molecule has 86 valence electrons. The smallest absolute Gasteiger partial charge is 0.220 e. The largest absolute Gasteiger partial charge is 0.373 e. The van der Waals surface area contributed by atoms with Gasteiger partial charge in [-0.25, -0.2) is 0 Å². The molecule has 2 aliphatic rings. The van der Waals surface area contributed by atoms with Gasteiger partial charge in [0.1, 0.15) is 0 Å². The van der Waals surface area contributed by atoms with E-state index in [0.29, 0.717) is 6.42 Å². The Labute approximate surface area is 90.8 Å². The van der Waals surface area contributed by atoms with Gasteiger partial charge in [-0.2, -0.15) is 0 Å². The van der Waals surface area contributed by atoms with Crippen LogP contribution in [0, 0.1) is 0 Å². The Morgan fingerprint density at radius 2 is 2.27 bits per heavy atom. The first-order valence-corrected chi connectivity index (χ1v) is 5.91. The zero-order valence-corrected chi connectivity index (χ0v) is 9.34. The number of nitrogens with one attached hydrogen (secondary N) is 2. The Morgan fingerprint density at radius 1 is 1.53 bits per heavy atom. The van der Waals surface area contributed by atoms with Crippen molar-refractivity contribution >= 4 is 5.91 Å². The summed E-state index contributed by atoms with van der Waals surface area (Å²) in [5.74, 6) is 0.142. The van der Waals surface area contributed by atoms with E-state index in [4.69, 9.17) is 4.74 Å². The topological polar surface area (TPSA) is 50.4 Å². The molecule has 0 aromatic carbocycles. The lowest BCUT2D eigenvalue weighted by Gasteiger charge is -2.38. The molecule has 0 aromatic heterocycles. The highest BCUT2D eigenvalue weighted by Crippen LogP contribution is 2.34. The lowest BCUT2D eigenvalue weighted by atomic mass is 9.85. The fraction of sp³-hybridized carbons (Fsp3) is 0.909. The molecule has 2 saturated heterocycles. The summed E-state index contributed by atoms with van der Waals surface area (Å²) < 4.78 is 5.88. The van der Waals surface area contributed by atoms with Crippen LogP contribution < -0.4 is 10.6 Å². The standard InChI is InChI=1S/C11H20N2O2/c1-2-10(14)13-9-3-8-15-11(9)4-6-12-7-5-11/h9,12H,2-8H2,1H3,(H,13,14). The lowest BCUT2D eigenvalue weighted by molar-refractivity contribution is -0.123. The average Bonchev–Trinajstić information content (AvgIpc) is 2.63. The minimum atomic E-state index is -0.0733. The molecule has 0 saturated carbocycles. The number of carbonyl (C=O) groups is 1. The molecule has 0 radical (unpaired) electrons.